The Morgan fingerprint density at radius 3 is 3.36 bits per heavy atom. The molecule has 4 nitrogen and oxygen atoms in total. The van der Waals surface area contributed by atoms with Crippen molar-refractivity contribution in [3.63, 3.8) is 0 Å². The largest absolute Gasteiger partial charge is 0.390 e. The number of hydrogen-bond acceptors (Lipinski definition) is 4. The van der Waals surface area contributed by atoms with E-state index >= 15 is 0 Å². The third kappa shape index (κ3) is 1.04. The highest BCUT2D eigenvalue weighted by Gasteiger charge is 2.17. The average Bonchev–Trinajstić information content (AvgIpc) is 2.47. The molecule has 1 aromatic rings. The van der Waals surface area contributed by atoms with E-state index in [1.165, 1.54) is 0 Å². The molecule has 0 radical (unpaired) electrons. The van der Waals surface area contributed by atoms with Gasteiger partial charge >= 0.3 is 0 Å². The maximum Gasteiger partial charge on any atom is 0.154 e. The first-order chi connectivity index (χ1) is 5.42. The fourth-order valence-corrected chi connectivity index (χ4v) is 1.34. The number of aliphatic hydroxyl groups is 1. The molecule has 1 aromatic heterocycles. The van der Waals surface area contributed by atoms with Crippen LogP contribution in [0.1, 0.15) is 17.0 Å². The molecule has 0 fully saturated rings. The van der Waals surface area contributed by atoms with Crippen LogP contribution in [0.2, 0.25) is 0 Å². The molecule has 0 bridgehead atoms. The smallest absolute Gasteiger partial charge is 0.154 e. The minimum atomic E-state index is -0.0150. The molecule has 0 spiro atoms. The zero-order chi connectivity index (χ0) is 7.68. The number of nitrogens with one attached hydrogen (secondary N) is 1. The molecule has 60 valence electrons. The van der Waals surface area contributed by atoms with Gasteiger partial charge in [-0.05, 0) is 13.0 Å². The molecular formula is C7H10N2O2. The average molecular weight is 154 g/mol. The van der Waals surface area contributed by atoms with E-state index in [0.717, 1.165) is 30.8 Å². The van der Waals surface area contributed by atoms with Crippen LogP contribution in [-0.2, 0) is 19.6 Å². The Labute approximate surface area is 64.2 Å². The Morgan fingerprint density at radius 1 is 1.64 bits per heavy atom. The van der Waals surface area contributed by atoms with Gasteiger partial charge in [0.05, 0.1) is 13.2 Å². The number of aliphatic hydroxyl groups excluding tert-OH is 1. The first kappa shape index (κ1) is 6.82. The van der Waals surface area contributed by atoms with Gasteiger partial charge in [-0.3, -0.25) is 0 Å². The maximum atomic E-state index is 8.84. The van der Waals surface area contributed by atoms with Crippen LogP contribution < -0.4 is 5.32 Å². The lowest BCUT2D eigenvalue weighted by atomic mass is 10.1. The van der Waals surface area contributed by atoms with Crippen molar-refractivity contribution in [1.82, 2.24) is 10.5 Å². The van der Waals surface area contributed by atoms with E-state index in [1.807, 2.05) is 0 Å². The minimum absolute atomic E-state index is 0.0150. The molecule has 0 aromatic carbocycles. The molecule has 0 amide bonds. The third-order valence-corrected chi connectivity index (χ3v) is 1.94. The zero-order valence-electron chi connectivity index (χ0n) is 6.13. The van der Waals surface area contributed by atoms with Crippen molar-refractivity contribution in [3.8, 4) is 0 Å². The first-order valence-electron chi connectivity index (χ1n) is 3.69. The predicted octanol–water partition coefficient (Wildman–Crippen LogP) is -0.187. The van der Waals surface area contributed by atoms with Crippen LogP contribution in [0.5, 0.6) is 0 Å². The van der Waals surface area contributed by atoms with E-state index in [0.29, 0.717) is 5.69 Å². The van der Waals surface area contributed by atoms with E-state index < -0.39 is 0 Å². The summed E-state index contributed by atoms with van der Waals surface area (Å²) in [5.41, 5.74) is 1.78. The lowest BCUT2D eigenvalue weighted by molar-refractivity contribution is 0.264. The Bertz CT molecular complexity index is 243. The lowest BCUT2D eigenvalue weighted by Crippen LogP contribution is -2.22. The summed E-state index contributed by atoms with van der Waals surface area (Å²) in [4.78, 5) is 0. The van der Waals surface area contributed by atoms with E-state index in [-0.39, 0.29) is 6.61 Å². The number of hydrogen-bond donors (Lipinski definition) is 2. The van der Waals surface area contributed by atoms with E-state index in [2.05, 4.69) is 10.5 Å². The molecule has 0 saturated heterocycles. The van der Waals surface area contributed by atoms with Gasteiger partial charge in [0, 0.05) is 5.56 Å². The Hall–Kier alpha value is -0.870. The zero-order valence-corrected chi connectivity index (χ0v) is 6.13. The lowest BCUT2D eigenvalue weighted by Gasteiger charge is -2.09. The summed E-state index contributed by atoms with van der Waals surface area (Å²) in [5, 5.41) is 15.8. The van der Waals surface area contributed by atoms with Gasteiger partial charge in [0.15, 0.2) is 5.76 Å². The molecule has 0 atom stereocenters. The standard InChI is InChI=1S/C7H10N2O2/c10-4-6-5-1-2-8-3-7(5)11-9-6/h8,10H,1-4H2. The van der Waals surface area contributed by atoms with E-state index in [4.69, 9.17) is 9.63 Å². The monoisotopic (exact) mass is 154 g/mol. The summed E-state index contributed by atoms with van der Waals surface area (Å²) < 4.78 is 5.01. The number of nitrogens with zero attached hydrogens (tertiary/aromatic N) is 1. The van der Waals surface area contributed by atoms with Crippen LogP contribution in [0.15, 0.2) is 4.52 Å². The van der Waals surface area contributed by atoms with Gasteiger partial charge in [-0.25, -0.2) is 0 Å². The Morgan fingerprint density at radius 2 is 2.55 bits per heavy atom. The highest BCUT2D eigenvalue weighted by molar-refractivity contribution is 5.24. The second-order valence-corrected chi connectivity index (χ2v) is 2.62. The van der Waals surface area contributed by atoms with Crippen LogP contribution in [0, 0.1) is 0 Å². The SMILES string of the molecule is OCc1noc2c1CCNC2. The molecule has 4 heteroatoms. The third-order valence-electron chi connectivity index (χ3n) is 1.94. The Balaban J connectivity index is 2.38. The van der Waals surface area contributed by atoms with Crippen LogP contribution in [0.3, 0.4) is 0 Å². The van der Waals surface area contributed by atoms with Crippen LogP contribution in [0.4, 0.5) is 0 Å². The molecule has 1 aliphatic heterocycles. The number of fused-ring (bicyclic) bond motifs is 1. The van der Waals surface area contributed by atoms with Crippen molar-refractivity contribution in [2.45, 2.75) is 19.6 Å². The predicted molar refractivity (Wildman–Crippen MR) is 37.8 cm³/mol. The fraction of sp³-hybridized carbons (Fsp3) is 0.571. The topological polar surface area (TPSA) is 58.3 Å². The number of rotatable bonds is 1. The van der Waals surface area contributed by atoms with Gasteiger partial charge in [-0.15, -0.1) is 0 Å². The van der Waals surface area contributed by atoms with Gasteiger partial charge < -0.3 is 14.9 Å². The maximum absolute atomic E-state index is 8.84. The van der Waals surface area contributed by atoms with Crippen LogP contribution in [0.25, 0.3) is 0 Å². The molecule has 2 N–H and O–H groups in total. The van der Waals surface area contributed by atoms with Crippen LogP contribution in [-0.4, -0.2) is 16.8 Å². The fourth-order valence-electron chi connectivity index (χ4n) is 1.34. The molecule has 0 unspecified atom stereocenters. The number of aromatic nitrogens is 1. The van der Waals surface area contributed by atoms with Crippen molar-refractivity contribution >= 4 is 0 Å². The van der Waals surface area contributed by atoms with E-state index in [9.17, 15) is 0 Å². The van der Waals surface area contributed by atoms with Gasteiger partial charge in [0.2, 0.25) is 0 Å². The van der Waals surface area contributed by atoms with Crippen molar-refractivity contribution in [3.05, 3.63) is 17.0 Å². The van der Waals surface area contributed by atoms with Crippen LogP contribution >= 0.6 is 0 Å². The van der Waals surface area contributed by atoms with Gasteiger partial charge in [0.25, 0.3) is 0 Å². The summed E-state index contributed by atoms with van der Waals surface area (Å²) in [5.74, 6) is 0.875. The van der Waals surface area contributed by atoms with Gasteiger partial charge in [0.1, 0.15) is 5.69 Å². The minimum Gasteiger partial charge on any atom is -0.390 e. The van der Waals surface area contributed by atoms with Crippen molar-refractivity contribution in [1.29, 1.82) is 0 Å². The summed E-state index contributed by atoms with van der Waals surface area (Å²) in [6.07, 6.45) is 0.911. The molecule has 2 rings (SSSR count). The summed E-state index contributed by atoms with van der Waals surface area (Å²) in [7, 11) is 0. The second kappa shape index (κ2) is 2.64. The first-order valence-corrected chi connectivity index (χ1v) is 3.69. The molecular weight excluding hydrogens is 144 g/mol. The highest BCUT2D eigenvalue weighted by Crippen LogP contribution is 2.17. The van der Waals surface area contributed by atoms with Crippen molar-refractivity contribution in [2.75, 3.05) is 6.54 Å². The van der Waals surface area contributed by atoms with Crippen molar-refractivity contribution in [2.24, 2.45) is 0 Å². The Kier molecular flexibility index (Phi) is 1.63. The van der Waals surface area contributed by atoms with E-state index in [1.54, 1.807) is 0 Å². The summed E-state index contributed by atoms with van der Waals surface area (Å²) >= 11 is 0. The summed E-state index contributed by atoms with van der Waals surface area (Å²) in [6, 6.07) is 0. The normalized spacial score (nSPS) is 16.5. The molecule has 0 aliphatic carbocycles. The molecule has 2 heterocycles. The van der Waals surface area contributed by atoms with Gasteiger partial charge in [-0.2, -0.15) is 0 Å². The molecule has 11 heavy (non-hydrogen) atoms. The quantitative estimate of drug-likeness (QED) is 0.588. The van der Waals surface area contributed by atoms with Gasteiger partial charge in [-0.1, -0.05) is 5.16 Å². The highest BCUT2D eigenvalue weighted by atomic mass is 16.5. The second-order valence-electron chi connectivity index (χ2n) is 2.62. The summed E-state index contributed by atoms with van der Waals surface area (Å²) in [6.45, 7) is 1.67. The molecule has 1 aliphatic rings. The van der Waals surface area contributed by atoms with Crippen molar-refractivity contribution < 1.29 is 9.63 Å². The molecule has 0 saturated carbocycles.